The van der Waals surface area contributed by atoms with E-state index in [-0.39, 0.29) is 5.91 Å². The first-order chi connectivity index (χ1) is 15.1. The molecule has 6 heteroatoms. The molecule has 5 nitrogen and oxygen atoms in total. The van der Waals surface area contributed by atoms with Crippen molar-refractivity contribution < 1.29 is 14.3 Å². The Morgan fingerprint density at radius 1 is 1.10 bits per heavy atom. The number of ether oxygens (including phenoxy) is 2. The molecule has 0 bridgehead atoms. The normalized spacial score (nSPS) is 12.8. The molecule has 0 saturated carbocycles. The first-order valence-corrected chi connectivity index (χ1v) is 10.7. The van der Waals surface area contributed by atoms with Crippen molar-refractivity contribution in [1.82, 2.24) is 5.32 Å². The number of amides is 1. The van der Waals surface area contributed by atoms with Gasteiger partial charge in [0, 0.05) is 30.7 Å². The van der Waals surface area contributed by atoms with Gasteiger partial charge in [0.25, 0.3) is 5.91 Å². The van der Waals surface area contributed by atoms with Crippen LogP contribution in [0.4, 0.5) is 5.69 Å². The van der Waals surface area contributed by atoms with Crippen LogP contribution in [0.15, 0.2) is 71.6 Å². The minimum atomic E-state index is -0.121. The van der Waals surface area contributed by atoms with E-state index >= 15 is 0 Å². The summed E-state index contributed by atoms with van der Waals surface area (Å²) in [5.74, 6) is 0.617. The number of fused-ring (bicyclic) bond motifs is 1. The maximum atomic E-state index is 12.7. The minimum absolute atomic E-state index is 0.121. The van der Waals surface area contributed by atoms with Crippen LogP contribution in [-0.2, 0) is 24.4 Å². The largest absolute Gasteiger partial charge is 0.490 e. The fraction of sp³-hybridized carbons (Fsp3) is 0.240. The van der Waals surface area contributed by atoms with E-state index in [4.69, 9.17) is 9.47 Å². The average molecular weight is 435 g/mol. The Kier molecular flexibility index (Phi) is 6.79. The van der Waals surface area contributed by atoms with E-state index in [1.165, 1.54) is 11.1 Å². The van der Waals surface area contributed by atoms with Crippen LogP contribution in [0, 0.1) is 0 Å². The van der Waals surface area contributed by atoms with Crippen molar-refractivity contribution in [2.75, 3.05) is 25.2 Å². The molecule has 31 heavy (non-hydrogen) atoms. The minimum Gasteiger partial charge on any atom is -0.490 e. The van der Waals surface area contributed by atoms with E-state index in [0.717, 1.165) is 35.0 Å². The zero-order chi connectivity index (χ0) is 21.6. The SMILES string of the molecule is COCc1ccccc1CN1CCOc2cc(C(=O)NCc3ccc(S)cc3)ccc21. The zero-order valence-corrected chi connectivity index (χ0v) is 18.4. The number of rotatable bonds is 7. The molecule has 0 spiro atoms. The van der Waals surface area contributed by atoms with Crippen LogP contribution in [0.5, 0.6) is 5.75 Å². The third-order valence-electron chi connectivity index (χ3n) is 5.35. The summed E-state index contributed by atoms with van der Waals surface area (Å²) in [4.78, 5) is 15.8. The van der Waals surface area contributed by atoms with Gasteiger partial charge in [-0.15, -0.1) is 12.6 Å². The van der Waals surface area contributed by atoms with E-state index in [9.17, 15) is 4.79 Å². The van der Waals surface area contributed by atoms with Crippen molar-refractivity contribution in [2.24, 2.45) is 0 Å². The molecule has 1 aliphatic heterocycles. The lowest BCUT2D eigenvalue weighted by Gasteiger charge is -2.32. The number of hydrogen-bond donors (Lipinski definition) is 2. The highest BCUT2D eigenvalue weighted by Crippen LogP contribution is 2.34. The van der Waals surface area contributed by atoms with E-state index in [0.29, 0.717) is 25.3 Å². The summed E-state index contributed by atoms with van der Waals surface area (Å²) in [6, 6.07) is 21.7. The van der Waals surface area contributed by atoms with Crippen molar-refractivity contribution in [2.45, 2.75) is 24.6 Å². The summed E-state index contributed by atoms with van der Waals surface area (Å²) in [5, 5.41) is 2.97. The summed E-state index contributed by atoms with van der Waals surface area (Å²) in [6.45, 7) is 3.20. The number of nitrogens with one attached hydrogen (secondary N) is 1. The summed E-state index contributed by atoms with van der Waals surface area (Å²) >= 11 is 4.29. The first-order valence-electron chi connectivity index (χ1n) is 10.3. The molecule has 3 aromatic carbocycles. The van der Waals surface area contributed by atoms with Gasteiger partial charge in [-0.25, -0.2) is 0 Å². The molecule has 0 fully saturated rings. The van der Waals surface area contributed by atoms with Crippen LogP contribution < -0.4 is 15.0 Å². The summed E-state index contributed by atoms with van der Waals surface area (Å²) < 4.78 is 11.2. The van der Waals surface area contributed by atoms with Gasteiger partial charge in [0.2, 0.25) is 0 Å². The second-order valence-electron chi connectivity index (χ2n) is 7.50. The third kappa shape index (κ3) is 5.21. The van der Waals surface area contributed by atoms with E-state index in [2.05, 4.69) is 35.0 Å². The Bertz CT molecular complexity index is 1050. The Hall–Kier alpha value is -2.96. The van der Waals surface area contributed by atoms with Gasteiger partial charge in [-0.3, -0.25) is 4.79 Å². The van der Waals surface area contributed by atoms with Crippen LogP contribution in [0.25, 0.3) is 0 Å². The number of anilines is 1. The topological polar surface area (TPSA) is 50.8 Å². The predicted octanol–water partition coefficient (Wildman–Crippen LogP) is 4.45. The molecule has 4 rings (SSSR count). The van der Waals surface area contributed by atoms with Crippen LogP contribution >= 0.6 is 12.6 Å². The molecule has 160 valence electrons. The van der Waals surface area contributed by atoms with Gasteiger partial charge in [0.15, 0.2) is 0 Å². The quantitative estimate of drug-likeness (QED) is 0.540. The smallest absolute Gasteiger partial charge is 0.251 e. The number of benzene rings is 3. The van der Waals surface area contributed by atoms with Gasteiger partial charge in [-0.1, -0.05) is 36.4 Å². The molecule has 0 aromatic heterocycles. The summed E-state index contributed by atoms with van der Waals surface area (Å²) in [7, 11) is 1.71. The number of hydrogen-bond acceptors (Lipinski definition) is 5. The second kappa shape index (κ2) is 9.90. The molecule has 0 radical (unpaired) electrons. The van der Waals surface area contributed by atoms with Crippen molar-refractivity contribution >= 4 is 24.2 Å². The number of nitrogens with zero attached hydrogens (tertiary/aromatic N) is 1. The molecule has 1 heterocycles. The lowest BCUT2D eigenvalue weighted by atomic mass is 10.1. The third-order valence-corrected chi connectivity index (χ3v) is 5.65. The van der Waals surface area contributed by atoms with Gasteiger partial charge in [-0.2, -0.15) is 0 Å². The van der Waals surface area contributed by atoms with Gasteiger partial charge in [0.1, 0.15) is 12.4 Å². The Morgan fingerprint density at radius 3 is 2.65 bits per heavy atom. The number of carbonyl (C=O) groups is 1. The van der Waals surface area contributed by atoms with Crippen molar-refractivity contribution in [1.29, 1.82) is 0 Å². The Balaban J connectivity index is 1.46. The molecule has 3 aromatic rings. The monoisotopic (exact) mass is 434 g/mol. The average Bonchev–Trinajstić information content (AvgIpc) is 2.80. The number of carbonyl (C=O) groups excluding carboxylic acids is 1. The molecular formula is C25H26N2O3S. The summed E-state index contributed by atoms with van der Waals surface area (Å²) in [5.41, 5.74) is 5.03. The fourth-order valence-electron chi connectivity index (χ4n) is 3.69. The van der Waals surface area contributed by atoms with Crippen molar-refractivity contribution in [3.05, 3.63) is 89.0 Å². The fourth-order valence-corrected chi connectivity index (χ4v) is 3.84. The van der Waals surface area contributed by atoms with E-state index in [1.807, 2.05) is 54.6 Å². The molecule has 0 aliphatic carbocycles. The Morgan fingerprint density at radius 2 is 1.87 bits per heavy atom. The molecular weight excluding hydrogens is 408 g/mol. The van der Waals surface area contributed by atoms with Crippen LogP contribution in [0.3, 0.4) is 0 Å². The lowest BCUT2D eigenvalue weighted by Crippen LogP contribution is -2.33. The molecule has 1 N–H and O–H groups in total. The van der Waals surface area contributed by atoms with Crippen molar-refractivity contribution in [3.63, 3.8) is 0 Å². The van der Waals surface area contributed by atoms with Gasteiger partial charge >= 0.3 is 0 Å². The number of thiol groups is 1. The van der Waals surface area contributed by atoms with E-state index < -0.39 is 0 Å². The highest BCUT2D eigenvalue weighted by atomic mass is 32.1. The Labute approximate surface area is 188 Å². The highest BCUT2D eigenvalue weighted by molar-refractivity contribution is 7.80. The maximum absolute atomic E-state index is 12.7. The van der Waals surface area contributed by atoms with Gasteiger partial charge in [-0.05, 0) is 47.0 Å². The zero-order valence-electron chi connectivity index (χ0n) is 17.5. The maximum Gasteiger partial charge on any atom is 0.251 e. The first kappa shape index (κ1) is 21.3. The molecule has 0 atom stereocenters. The standard InChI is InChI=1S/C25H26N2O3S/c1-29-17-21-5-3-2-4-20(21)16-27-12-13-30-24-14-19(8-11-23(24)27)25(28)26-15-18-6-9-22(31)10-7-18/h2-11,14,31H,12-13,15-17H2,1H3,(H,26,28). The predicted molar refractivity (Wildman–Crippen MR) is 125 cm³/mol. The van der Waals surface area contributed by atoms with Crippen LogP contribution in [0.1, 0.15) is 27.0 Å². The van der Waals surface area contributed by atoms with E-state index in [1.54, 1.807) is 7.11 Å². The van der Waals surface area contributed by atoms with Gasteiger partial charge in [0.05, 0.1) is 18.8 Å². The van der Waals surface area contributed by atoms with Crippen LogP contribution in [-0.4, -0.2) is 26.2 Å². The molecule has 0 unspecified atom stereocenters. The van der Waals surface area contributed by atoms with Crippen molar-refractivity contribution in [3.8, 4) is 5.75 Å². The van der Waals surface area contributed by atoms with Crippen LogP contribution in [0.2, 0.25) is 0 Å². The highest BCUT2D eigenvalue weighted by Gasteiger charge is 2.21. The summed E-state index contributed by atoms with van der Waals surface area (Å²) in [6.07, 6.45) is 0. The number of methoxy groups -OCH3 is 1. The van der Waals surface area contributed by atoms with Gasteiger partial charge < -0.3 is 19.7 Å². The lowest BCUT2D eigenvalue weighted by molar-refractivity contribution is 0.0950. The second-order valence-corrected chi connectivity index (χ2v) is 8.02. The molecule has 1 amide bonds. The molecule has 0 saturated heterocycles. The molecule has 1 aliphatic rings.